The number of carbonyl (C=O) groups is 1. The largest absolute Gasteiger partial charge is 0.486 e. The molecule has 138 valence electrons. The first-order chi connectivity index (χ1) is 13.5. The summed E-state index contributed by atoms with van der Waals surface area (Å²) in [6.45, 7) is 12.0. The quantitative estimate of drug-likeness (QED) is 0.335. The van der Waals surface area contributed by atoms with Crippen molar-refractivity contribution in [3.05, 3.63) is 76.1 Å². The molecule has 4 aromatic rings. The molecule has 0 spiro atoms. The molecule has 0 aliphatic carbocycles. The van der Waals surface area contributed by atoms with Gasteiger partial charge in [-0.15, -0.1) is 11.3 Å². The summed E-state index contributed by atoms with van der Waals surface area (Å²) in [6.07, 6.45) is 1.46. The van der Waals surface area contributed by atoms with E-state index in [9.17, 15) is 4.79 Å². The lowest BCUT2D eigenvalue weighted by molar-refractivity contribution is -0.132. The number of rotatable bonds is 4. The number of aromatic nitrogens is 1. The highest BCUT2D eigenvalue weighted by Gasteiger charge is 2.14. The second-order valence-electron chi connectivity index (χ2n) is 6.60. The van der Waals surface area contributed by atoms with Crippen molar-refractivity contribution in [3.63, 3.8) is 0 Å². The van der Waals surface area contributed by atoms with E-state index in [1.54, 1.807) is 0 Å². The highest BCUT2D eigenvalue weighted by atomic mass is 32.1. The molecule has 2 aromatic heterocycles. The first kappa shape index (κ1) is 18.0. The van der Waals surface area contributed by atoms with Crippen LogP contribution in [0, 0.1) is 13.5 Å². The van der Waals surface area contributed by atoms with Crippen LogP contribution in [0.3, 0.4) is 0 Å². The fourth-order valence-corrected chi connectivity index (χ4v) is 4.70. The number of aliphatic carboxylic acids is 1. The van der Waals surface area contributed by atoms with Gasteiger partial charge >= 0.3 is 5.97 Å². The summed E-state index contributed by atoms with van der Waals surface area (Å²) >= 11 is 1.51. The molecule has 2 aromatic carbocycles. The van der Waals surface area contributed by atoms with Crippen molar-refractivity contribution in [3.8, 4) is 10.4 Å². The predicted molar refractivity (Wildman–Crippen MR) is 115 cm³/mol. The summed E-state index contributed by atoms with van der Waals surface area (Å²) in [7, 11) is 0. The molecule has 28 heavy (non-hydrogen) atoms. The number of carboxylic acids is 1. The highest BCUT2D eigenvalue weighted by molar-refractivity contribution is 7.16. The standard InChI is InChI=1S/C23H18N2O2S/c1-4-25-19-8-6-5-7-16(19)17-12-15(9-10-20(17)25)22-11-14(2)21(28-22)13-18(24-3)23(26)27/h5-13H,4H2,1-2H3,(H,26,27)/b18-13-. The van der Waals surface area contributed by atoms with Gasteiger partial charge in [0.05, 0.1) is 6.57 Å². The number of carboxylic acid groups (broad SMARTS) is 1. The van der Waals surface area contributed by atoms with Gasteiger partial charge in [0, 0.05) is 38.1 Å². The molecular weight excluding hydrogens is 368 g/mol. The van der Waals surface area contributed by atoms with Crippen molar-refractivity contribution in [2.24, 2.45) is 0 Å². The molecule has 0 unspecified atom stereocenters. The minimum Gasteiger partial charge on any atom is -0.486 e. The van der Waals surface area contributed by atoms with Crippen LogP contribution >= 0.6 is 11.3 Å². The Labute approximate surface area is 166 Å². The van der Waals surface area contributed by atoms with Crippen molar-refractivity contribution < 1.29 is 9.90 Å². The minimum absolute atomic E-state index is 0.266. The molecule has 1 N–H and O–H groups in total. The molecule has 0 amide bonds. The van der Waals surface area contributed by atoms with E-state index in [0.717, 1.165) is 27.4 Å². The van der Waals surface area contributed by atoms with E-state index in [0.29, 0.717) is 0 Å². The van der Waals surface area contributed by atoms with E-state index in [-0.39, 0.29) is 5.70 Å². The molecular formula is C23H18N2O2S. The lowest BCUT2D eigenvalue weighted by atomic mass is 10.1. The lowest BCUT2D eigenvalue weighted by Crippen LogP contribution is -1.95. The van der Waals surface area contributed by atoms with E-state index < -0.39 is 5.97 Å². The maximum atomic E-state index is 11.1. The molecule has 2 heterocycles. The Morgan fingerprint density at radius 1 is 1.18 bits per heavy atom. The minimum atomic E-state index is -1.20. The summed E-state index contributed by atoms with van der Waals surface area (Å²) in [6, 6.07) is 16.9. The molecule has 0 aliphatic rings. The molecule has 0 atom stereocenters. The van der Waals surface area contributed by atoms with E-state index in [4.69, 9.17) is 11.7 Å². The second-order valence-corrected chi connectivity index (χ2v) is 7.68. The van der Waals surface area contributed by atoms with Crippen molar-refractivity contribution in [1.29, 1.82) is 0 Å². The predicted octanol–water partition coefficient (Wildman–Crippen LogP) is 6.20. The summed E-state index contributed by atoms with van der Waals surface area (Å²) < 4.78 is 2.32. The highest BCUT2D eigenvalue weighted by Crippen LogP contribution is 2.37. The summed E-state index contributed by atoms with van der Waals surface area (Å²) in [4.78, 5) is 16.1. The van der Waals surface area contributed by atoms with Crippen molar-refractivity contribution in [2.75, 3.05) is 0 Å². The molecule has 0 radical (unpaired) electrons. The van der Waals surface area contributed by atoms with Crippen molar-refractivity contribution >= 4 is 45.2 Å². The van der Waals surface area contributed by atoms with Gasteiger partial charge in [0.15, 0.2) is 0 Å². The Hall–Kier alpha value is -3.36. The van der Waals surface area contributed by atoms with E-state index in [1.165, 1.54) is 39.2 Å². The Morgan fingerprint density at radius 2 is 1.93 bits per heavy atom. The van der Waals surface area contributed by atoms with Crippen molar-refractivity contribution in [1.82, 2.24) is 4.57 Å². The maximum Gasteiger partial charge on any atom is 0.333 e. The van der Waals surface area contributed by atoms with Gasteiger partial charge in [-0.25, -0.2) is 4.85 Å². The number of thiophene rings is 1. The van der Waals surface area contributed by atoms with Crippen LogP contribution < -0.4 is 0 Å². The average Bonchev–Trinajstić information content (AvgIpc) is 3.22. The molecule has 0 saturated carbocycles. The van der Waals surface area contributed by atoms with Crippen LogP contribution in [0.4, 0.5) is 0 Å². The van der Waals surface area contributed by atoms with Gasteiger partial charge in [0.2, 0.25) is 0 Å². The first-order valence-corrected chi connectivity index (χ1v) is 9.79. The zero-order valence-electron chi connectivity index (χ0n) is 15.6. The van der Waals surface area contributed by atoms with Gasteiger partial charge in [-0.1, -0.05) is 24.3 Å². The number of fused-ring (bicyclic) bond motifs is 3. The molecule has 0 fully saturated rings. The van der Waals surface area contributed by atoms with E-state index in [2.05, 4.69) is 64.9 Å². The SMILES string of the molecule is [C-]#[N+]/C(=C\c1sc(-c2ccc3c(c2)c2ccccc2n3CC)cc1C)C(=O)O. The van der Waals surface area contributed by atoms with Crippen LogP contribution in [0.25, 0.3) is 43.2 Å². The van der Waals surface area contributed by atoms with Gasteiger partial charge < -0.3 is 9.67 Å². The zero-order valence-corrected chi connectivity index (χ0v) is 16.4. The third-order valence-corrected chi connectivity index (χ3v) is 6.17. The van der Waals surface area contributed by atoms with Gasteiger partial charge in [0.25, 0.3) is 5.70 Å². The van der Waals surface area contributed by atoms with Gasteiger partial charge in [-0.2, -0.15) is 0 Å². The number of nitrogens with zero attached hydrogens (tertiary/aromatic N) is 2. The number of para-hydroxylation sites is 1. The summed E-state index contributed by atoms with van der Waals surface area (Å²) in [5.41, 5.74) is 4.24. The zero-order chi connectivity index (χ0) is 19.8. The Balaban J connectivity index is 1.87. The monoisotopic (exact) mass is 386 g/mol. The fourth-order valence-electron chi connectivity index (χ4n) is 3.60. The normalized spacial score (nSPS) is 11.8. The Morgan fingerprint density at radius 3 is 2.64 bits per heavy atom. The van der Waals surface area contributed by atoms with Crippen LogP contribution in [0.5, 0.6) is 0 Å². The first-order valence-electron chi connectivity index (χ1n) is 8.97. The molecule has 0 bridgehead atoms. The van der Waals surface area contributed by atoms with E-state index in [1.807, 2.05) is 6.92 Å². The lowest BCUT2D eigenvalue weighted by Gasteiger charge is -2.03. The van der Waals surface area contributed by atoms with Crippen LogP contribution in [0.1, 0.15) is 17.4 Å². The number of hydrogen-bond donors (Lipinski definition) is 1. The van der Waals surface area contributed by atoms with Gasteiger partial charge in [-0.3, -0.25) is 4.79 Å². The average molecular weight is 386 g/mol. The van der Waals surface area contributed by atoms with Crippen LogP contribution in [0.2, 0.25) is 0 Å². The van der Waals surface area contributed by atoms with Gasteiger partial charge in [-0.05, 0) is 55.3 Å². The van der Waals surface area contributed by atoms with E-state index >= 15 is 0 Å². The summed E-state index contributed by atoms with van der Waals surface area (Å²) in [5, 5.41) is 11.6. The topological polar surface area (TPSA) is 46.6 Å². The molecule has 4 rings (SSSR count). The van der Waals surface area contributed by atoms with Gasteiger partial charge in [0.1, 0.15) is 0 Å². The Bertz CT molecular complexity index is 1300. The Kier molecular flexibility index (Phi) is 4.50. The molecule has 0 aliphatic heterocycles. The molecule has 4 nitrogen and oxygen atoms in total. The van der Waals surface area contributed by atoms with Crippen LogP contribution in [-0.4, -0.2) is 15.6 Å². The fraction of sp³-hybridized carbons (Fsp3) is 0.130. The van der Waals surface area contributed by atoms with Crippen LogP contribution in [0.15, 0.2) is 54.2 Å². The molecule has 5 heteroatoms. The summed E-state index contributed by atoms with van der Waals surface area (Å²) in [5.74, 6) is -1.20. The third-order valence-electron chi connectivity index (χ3n) is 4.94. The number of benzene rings is 2. The number of aryl methyl sites for hydroxylation is 2. The smallest absolute Gasteiger partial charge is 0.333 e. The van der Waals surface area contributed by atoms with Crippen LogP contribution in [-0.2, 0) is 11.3 Å². The number of hydrogen-bond acceptors (Lipinski definition) is 2. The second kappa shape index (κ2) is 6.99. The van der Waals surface area contributed by atoms with Crippen molar-refractivity contribution in [2.45, 2.75) is 20.4 Å². The third kappa shape index (κ3) is 2.88. The molecule has 0 saturated heterocycles. The maximum absolute atomic E-state index is 11.1.